The molecule has 8 heteroatoms. The minimum absolute atomic E-state index is 0. The van der Waals surface area contributed by atoms with Gasteiger partial charge in [0.1, 0.15) is 24.1 Å². The van der Waals surface area contributed by atoms with E-state index >= 15 is 0 Å². The van der Waals surface area contributed by atoms with Crippen molar-refractivity contribution in [2.75, 3.05) is 13.9 Å². The van der Waals surface area contributed by atoms with Crippen molar-refractivity contribution in [1.29, 1.82) is 0 Å². The maximum absolute atomic E-state index is 12.0. The van der Waals surface area contributed by atoms with Gasteiger partial charge in [-0.25, -0.2) is 0 Å². The maximum Gasteiger partial charge on any atom is 0.325 e. The number of aryl methyl sites for hydroxylation is 1. The SMILES string of the molecule is COC(=O)Cn1c(C)c(C)c2nccc(OC(Cc3ccccc3)C3=COCO3)c21.Cl. The number of hydrogen-bond donors (Lipinski definition) is 0. The van der Waals surface area contributed by atoms with Crippen LogP contribution in [-0.2, 0) is 32.0 Å². The Balaban J connectivity index is 0.00000272. The molecule has 1 aliphatic heterocycles. The molecule has 2 aromatic heterocycles. The van der Waals surface area contributed by atoms with Crippen LogP contribution in [0.4, 0.5) is 0 Å². The van der Waals surface area contributed by atoms with E-state index in [0.717, 1.165) is 27.9 Å². The Hall–Kier alpha value is -3.19. The second-order valence-corrected chi connectivity index (χ2v) is 7.12. The van der Waals surface area contributed by atoms with Crippen LogP contribution < -0.4 is 4.74 Å². The van der Waals surface area contributed by atoms with E-state index in [2.05, 4.69) is 4.98 Å². The largest absolute Gasteiger partial charge is 0.480 e. The fourth-order valence-corrected chi connectivity index (χ4v) is 3.60. The fourth-order valence-electron chi connectivity index (χ4n) is 3.60. The number of methoxy groups -OCH3 is 1. The van der Waals surface area contributed by atoms with Gasteiger partial charge < -0.3 is 23.5 Å². The smallest absolute Gasteiger partial charge is 0.325 e. The molecule has 0 spiro atoms. The van der Waals surface area contributed by atoms with E-state index < -0.39 is 0 Å². The highest BCUT2D eigenvalue weighted by Gasteiger charge is 2.25. The zero-order valence-electron chi connectivity index (χ0n) is 17.7. The van der Waals surface area contributed by atoms with Crippen molar-refractivity contribution in [3.05, 3.63) is 71.4 Å². The van der Waals surface area contributed by atoms with Gasteiger partial charge in [-0.15, -0.1) is 12.4 Å². The maximum atomic E-state index is 12.0. The third kappa shape index (κ3) is 4.61. The Kier molecular flexibility index (Phi) is 7.07. The highest BCUT2D eigenvalue weighted by Crippen LogP contribution is 2.33. The summed E-state index contributed by atoms with van der Waals surface area (Å²) in [5.74, 6) is 0.918. The number of benzene rings is 1. The molecule has 7 nitrogen and oxygen atoms in total. The van der Waals surface area contributed by atoms with Crippen LogP contribution in [0, 0.1) is 13.8 Å². The lowest BCUT2D eigenvalue weighted by Crippen LogP contribution is -2.23. The van der Waals surface area contributed by atoms with Gasteiger partial charge in [-0.1, -0.05) is 30.3 Å². The van der Waals surface area contributed by atoms with Gasteiger partial charge in [0.25, 0.3) is 0 Å². The van der Waals surface area contributed by atoms with Crippen molar-refractivity contribution < 1.29 is 23.7 Å². The van der Waals surface area contributed by atoms with Gasteiger partial charge in [-0.3, -0.25) is 9.78 Å². The van der Waals surface area contributed by atoms with E-state index in [1.54, 1.807) is 12.5 Å². The van der Waals surface area contributed by atoms with E-state index in [9.17, 15) is 4.79 Å². The van der Waals surface area contributed by atoms with Gasteiger partial charge in [0.15, 0.2) is 11.9 Å². The van der Waals surface area contributed by atoms with Crippen LogP contribution in [0.15, 0.2) is 54.6 Å². The lowest BCUT2D eigenvalue weighted by molar-refractivity contribution is -0.141. The summed E-state index contributed by atoms with van der Waals surface area (Å²) in [6, 6.07) is 11.9. The molecule has 4 rings (SSSR count). The van der Waals surface area contributed by atoms with Crippen molar-refractivity contribution in [2.45, 2.75) is 32.9 Å². The highest BCUT2D eigenvalue weighted by atomic mass is 35.5. The van der Waals surface area contributed by atoms with E-state index in [1.165, 1.54) is 7.11 Å². The fraction of sp³-hybridized carbons (Fsp3) is 0.304. The molecule has 0 saturated carbocycles. The summed E-state index contributed by atoms with van der Waals surface area (Å²) in [5, 5.41) is 0. The zero-order valence-corrected chi connectivity index (χ0v) is 18.5. The van der Waals surface area contributed by atoms with Gasteiger partial charge in [0.05, 0.1) is 12.6 Å². The summed E-state index contributed by atoms with van der Waals surface area (Å²) in [6.45, 7) is 4.20. The molecule has 164 valence electrons. The summed E-state index contributed by atoms with van der Waals surface area (Å²) in [7, 11) is 1.38. The van der Waals surface area contributed by atoms with E-state index in [-0.39, 0.29) is 37.8 Å². The van der Waals surface area contributed by atoms with Crippen LogP contribution in [0.25, 0.3) is 11.0 Å². The lowest BCUT2D eigenvalue weighted by atomic mass is 10.1. The first-order chi connectivity index (χ1) is 14.6. The third-order valence-electron chi connectivity index (χ3n) is 5.32. The second-order valence-electron chi connectivity index (χ2n) is 7.12. The third-order valence-corrected chi connectivity index (χ3v) is 5.32. The first kappa shape index (κ1) is 22.5. The Morgan fingerprint density at radius 2 is 2.00 bits per heavy atom. The molecule has 1 aromatic carbocycles. The number of carbonyl (C=O) groups is 1. The first-order valence-electron chi connectivity index (χ1n) is 9.74. The first-order valence-corrected chi connectivity index (χ1v) is 9.74. The average Bonchev–Trinajstić information content (AvgIpc) is 3.38. The minimum atomic E-state index is -0.386. The number of pyridine rings is 1. The molecule has 3 heterocycles. The minimum Gasteiger partial charge on any atom is -0.480 e. The van der Waals surface area contributed by atoms with Gasteiger partial charge >= 0.3 is 5.97 Å². The molecule has 0 bridgehead atoms. The summed E-state index contributed by atoms with van der Waals surface area (Å²) in [6.07, 6.45) is 3.53. The number of esters is 1. The highest BCUT2D eigenvalue weighted by molar-refractivity contribution is 5.88. The van der Waals surface area contributed by atoms with Crippen LogP contribution in [0.3, 0.4) is 0 Å². The topological polar surface area (TPSA) is 71.8 Å². The lowest BCUT2D eigenvalue weighted by Gasteiger charge is -2.20. The molecule has 0 fully saturated rings. The van der Waals surface area contributed by atoms with Crippen molar-refractivity contribution >= 4 is 29.4 Å². The van der Waals surface area contributed by atoms with Crippen LogP contribution in [-0.4, -0.2) is 35.5 Å². The number of hydrogen-bond acceptors (Lipinski definition) is 6. The number of carbonyl (C=O) groups excluding carboxylic acids is 1. The van der Waals surface area contributed by atoms with Gasteiger partial charge in [-0.05, 0) is 25.0 Å². The van der Waals surface area contributed by atoms with Crippen molar-refractivity contribution in [1.82, 2.24) is 9.55 Å². The van der Waals surface area contributed by atoms with Crippen LogP contribution in [0.1, 0.15) is 16.8 Å². The Labute approximate surface area is 187 Å². The molecule has 1 atom stereocenters. The Bertz CT molecular complexity index is 1090. The number of ether oxygens (including phenoxy) is 4. The Morgan fingerprint density at radius 1 is 1.23 bits per heavy atom. The number of aromatic nitrogens is 2. The normalized spacial score (nSPS) is 13.6. The summed E-state index contributed by atoms with van der Waals surface area (Å²) >= 11 is 0. The van der Waals surface area contributed by atoms with E-state index in [0.29, 0.717) is 17.9 Å². The molecule has 3 aromatic rings. The monoisotopic (exact) mass is 444 g/mol. The average molecular weight is 445 g/mol. The predicted octanol–water partition coefficient (Wildman–Crippen LogP) is 4.08. The number of rotatable bonds is 7. The molecule has 31 heavy (non-hydrogen) atoms. The molecule has 0 saturated heterocycles. The van der Waals surface area contributed by atoms with E-state index in [1.807, 2.05) is 54.8 Å². The summed E-state index contributed by atoms with van der Waals surface area (Å²) in [5.41, 5.74) is 4.61. The zero-order chi connectivity index (χ0) is 21.1. The van der Waals surface area contributed by atoms with Crippen LogP contribution in [0.2, 0.25) is 0 Å². The number of nitrogens with zero attached hydrogens (tertiary/aromatic N) is 2. The molecular formula is C23H25ClN2O5. The van der Waals surface area contributed by atoms with Crippen molar-refractivity contribution in [2.24, 2.45) is 0 Å². The van der Waals surface area contributed by atoms with Crippen molar-refractivity contribution in [3.63, 3.8) is 0 Å². The van der Waals surface area contributed by atoms with Gasteiger partial charge in [0.2, 0.25) is 6.79 Å². The number of fused-ring (bicyclic) bond motifs is 1. The molecule has 0 radical (unpaired) electrons. The molecule has 0 aliphatic carbocycles. The second kappa shape index (κ2) is 9.75. The summed E-state index contributed by atoms with van der Waals surface area (Å²) < 4.78 is 24.1. The van der Waals surface area contributed by atoms with Gasteiger partial charge in [-0.2, -0.15) is 0 Å². The molecular weight excluding hydrogens is 420 g/mol. The molecule has 1 aliphatic rings. The quantitative estimate of drug-likeness (QED) is 0.511. The standard InChI is InChI=1S/C23H24N2O5.ClH/c1-15-16(2)25(12-21(26)27-3)23-18(9-10-24-22(15)23)30-19(20-13-28-14-29-20)11-17-7-5-4-6-8-17;/h4-10,13,19H,11-12,14H2,1-3H3;1H. The van der Waals surface area contributed by atoms with Gasteiger partial charge in [0, 0.05) is 24.4 Å². The molecule has 0 amide bonds. The van der Waals surface area contributed by atoms with Crippen LogP contribution in [0.5, 0.6) is 5.75 Å². The predicted molar refractivity (Wildman–Crippen MR) is 118 cm³/mol. The summed E-state index contributed by atoms with van der Waals surface area (Å²) in [4.78, 5) is 16.5. The Morgan fingerprint density at radius 3 is 2.68 bits per heavy atom. The van der Waals surface area contributed by atoms with Crippen LogP contribution >= 0.6 is 12.4 Å². The van der Waals surface area contributed by atoms with E-state index in [4.69, 9.17) is 18.9 Å². The van der Waals surface area contributed by atoms with Crippen molar-refractivity contribution in [3.8, 4) is 5.75 Å². The molecule has 0 N–H and O–H groups in total. The number of halogens is 1. The molecule has 1 unspecified atom stereocenters.